The third-order valence-electron chi connectivity index (χ3n) is 4.07. The van der Waals surface area contributed by atoms with Crippen LogP contribution in [0.25, 0.3) is 0 Å². The van der Waals surface area contributed by atoms with E-state index in [0.29, 0.717) is 6.04 Å². The fraction of sp³-hybridized carbons (Fsp3) is 0.500. The molecule has 6 heteroatoms. The molecule has 0 radical (unpaired) electrons. The smallest absolute Gasteiger partial charge is 0.240 e. The minimum Gasteiger partial charge on any atom is -0.338 e. The molecule has 5 nitrogen and oxygen atoms in total. The first-order valence-electron chi connectivity index (χ1n) is 7.58. The quantitative estimate of drug-likeness (QED) is 0.915. The van der Waals surface area contributed by atoms with Gasteiger partial charge in [-0.15, -0.1) is 12.4 Å². The van der Waals surface area contributed by atoms with E-state index in [4.69, 9.17) is 4.52 Å². The van der Waals surface area contributed by atoms with Crippen LogP contribution >= 0.6 is 12.4 Å². The van der Waals surface area contributed by atoms with E-state index in [1.807, 2.05) is 25.2 Å². The van der Waals surface area contributed by atoms with Crippen molar-refractivity contribution in [1.82, 2.24) is 20.4 Å². The molecular formula is C16H23ClN4O. The van der Waals surface area contributed by atoms with Crippen molar-refractivity contribution in [2.24, 2.45) is 0 Å². The summed E-state index contributed by atoms with van der Waals surface area (Å²) >= 11 is 0. The van der Waals surface area contributed by atoms with E-state index in [9.17, 15) is 0 Å². The van der Waals surface area contributed by atoms with E-state index in [-0.39, 0.29) is 12.4 Å². The molecule has 1 fully saturated rings. The van der Waals surface area contributed by atoms with Crippen LogP contribution in [0.15, 0.2) is 34.9 Å². The molecule has 1 saturated heterocycles. The van der Waals surface area contributed by atoms with Crippen molar-refractivity contribution in [2.75, 3.05) is 20.1 Å². The Labute approximate surface area is 137 Å². The monoisotopic (exact) mass is 322 g/mol. The Morgan fingerprint density at radius 2 is 1.95 bits per heavy atom. The lowest BCUT2D eigenvalue weighted by atomic mass is 10.1. The Bertz CT molecular complexity index is 552. The van der Waals surface area contributed by atoms with Crippen molar-refractivity contribution in [3.63, 3.8) is 0 Å². The van der Waals surface area contributed by atoms with Gasteiger partial charge in [-0.2, -0.15) is 4.98 Å². The number of nitrogens with zero attached hydrogens (tertiary/aromatic N) is 3. The number of rotatable bonds is 5. The summed E-state index contributed by atoms with van der Waals surface area (Å²) in [5.74, 6) is 1.49. The van der Waals surface area contributed by atoms with Gasteiger partial charge in [-0.05, 0) is 25.5 Å². The Balaban J connectivity index is 0.00000176. The Hall–Kier alpha value is -1.43. The summed E-state index contributed by atoms with van der Waals surface area (Å²) in [5, 5.41) is 7.42. The molecule has 0 spiro atoms. The van der Waals surface area contributed by atoms with Gasteiger partial charge < -0.3 is 9.84 Å². The standard InChI is InChI=1S/C16H22N4O.ClH/c1-17-14-7-9-20(10-8-14)12-16-18-15(19-21-16)11-13-5-3-2-4-6-13;/h2-6,14,17H,7-12H2,1H3;1H. The SMILES string of the molecule is CNC1CCN(Cc2nc(Cc3ccccc3)no2)CC1.Cl. The summed E-state index contributed by atoms with van der Waals surface area (Å²) in [7, 11) is 2.04. The molecule has 0 amide bonds. The average Bonchev–Trinajstić information content (AvgIpc) is 2.96. The maximum absolute atomic E-state index is 5.37. The Morgan fingerprint density at radius 1 is 1.23 bits per heavy atom. The van der Waals surface area contributed by atoms with E-state index in [0.717, 1.165) is 37.8 Å². The van der Waals surface area contributed by atoms with Crippen LogP contribution in [-0.4, -0.2) is 41.2 Å². The highest BCUT2D eigenvalue weighted by Gasteiger charge is 2.19. The summed E-state index contributed by atoms with van der Waals surface area (Å²) in [5.41, 5.74) is 1.21. The van der Waals surface area contributed by atoms with Gasteiger partial charge in [0.2, 0.25) is 5.89 Å². The zero-order valence-electron chi connectivity index (χ0n) is 12.9. The lowest BCUT2D eigenvalue weighted by Crippen LogP contribution is -2.40. The zero-order valence-corrected chi connectivity index (χ0v) is 13.7. The molecule has 1 aromatic carbocycles. The molecule has 1 N–H and O–H groups in total. The van der Waals surface area contributed by atoms with Gasteiger partial charge in [-0.1, -0.05) is 35.5 Å². The first-order chi connectivity index (χ1) is 10.3. The van der Waals surface area contributed by atoms with Crippen molar-refractivity contribution < 1.29 is 4.52 Å². The highest BCUT2D eigenvalue weighted by atomic mass is 35.5. The topological polar surface area (TPSA) is 54.2 Å². The molecule has 0 bridgehead atoms. The number of benzene rings is 1. The van der Waals surface area contributed by atoms with Gasteiger partial charge in [0.1, 0.15) is 0 Å². The van der Waals surface area contributed by atoms with Crippen LogP contribution < -0.4 is 5.32 Å². The third-order valence-corrected chi connectivity index (χ3v) is 4.07. The maximum atomic E-state index is 5.37. The minimum atomic E-state index is 0. The molecule has 0 saturated carbocycles. The molecule has 0 unspecified atom stereocenters. The number of nitrogens with one attached hydrogen (secondary N) is 1. The molecule has 0 atom stereocenters. The first-order valence-corrected chi connectivity index (χ1v) is 7.58. The summed E-state index contributed by atoms with van der Waals surface area (Å²) in [6, 6.07) is 10.9. The van der Waals surface area contributed by atoms with Crippen molar-refractivity contribution in [2.45, 2.75) is 31.8 Å². The summed E-state index contributed by atoms with van der Waals surface area (Å²) in [6.07, 6.45) is 3.09. The second kappa shape index (κ2) is 8.27. The molecule has 2 aromatic rings. The molecule has 1 aliphatic rings. The first kappa shape index (κ1) is 16.9. The number of halogens is 1. The number of hydrogen-bond acceptors (Lipinski definition) is 5. The maximum Gasteiger partial charge on any atom is 0.240 e. The van der Waals surface area contributed by atoms with Gasteiger partial charge in [0.15, 0.2) is 5.82 Å². The van der Waals surface area contributed by atoms with Crippen LogP contribution in [-0.2, 0) is 13.0 Å². The number of piperidine rings is 1. The fourth-order valence-electron chi connectivity index (χ4n) is 2.78. The number of aromatic nitrogens is 2. The summed E-state index contributed by atoms with van der Waals surface area (Å²) in [6.45, 7) is 2.93. The number of likely N-dealkylation sites (tertiary alicyclic amines) is 1. The Morgan fingerprint density at radius 3 is 2.64 bits per heavy atom. The molecule has 1 aromatic heterocycles. The predicted molar refractivity (Wildman–Crippen MR) is 88.2 cm³/mol. The molecule has 22 heavy (non-hydrogen) atoms. The van der Waals surface area contributed by atoms with Crippen LogP contribution in [0.5, 0.6) is 0 Å². The predicted octanol–water partition coefficient (Wildman–Crippen LogP) is 2.27. The van der Waals surface area contributed by atoms with Crippen LogP contribution in [0.3, 0.4) is 0 Å². The van der Waals surface area contributed by atoms with Gasteiger partial charge in [0.05, 0.1) is 6.54 Å². The van der Waals surface area contributed by atoms with Gasteiger partial charge in [0, 0.05) is 25.6 Å². The molecule has 2 heterocycles. The molecule has 0 aliphatic carbocycles. The van der Waals surface area contributed by atoms with Crippen LogP contribution in [0, 0.1) is 0 Å². The van der Waals surface area contributed by atoms with Gasteiger partial charge in [-0.25, -0.2) is 0 Å². The highest BCUT2D eigenvalue weighted by molar-refractivity contribution is 5.85. The van der Waals surface area contributed by atoms with Crippen LogP contribution in [0.4, 0.5) is 0 Å². The fourth-order valence-corrected chi connectivity index (χ4v) is 2.78. The molecule has 3 rings (SSSR count). The van der Waals surface area contributed by atoms with Gasteiger partial charge in [-0.3, -0.25) is 4.90 Å². The van der Waals surface area contributed by atoms with Crippen molar-refractivity contribution in [3.8, 4) is 0 Å². The second-order valence-corrected chi connectivity index (χ2v) is 5.61. The highest BCUT2D eigenvalue weighted by Crippen LogP contribution is 2.13. The van der Waals surface area contributed by atoms with Crippen molar-refractivity contribution in [3.05, 3.63) is 47.6 Å². The molecular weight excluding hydrogens is 300 g/mol. The lowest BCUT2D eigenvalue weighted by Gasteiger charge is -2.30. The zero-order chi connectivity index (χ0) is 14.5. The molecule has 120 valence electrons. The number of hydrogen-bond donors (Lipinski definition) is 1. The van der Waals surface area contributed by atoms with E-state index < -0.39 is 0 Å². The average molecular weight is 323 g/mol. The van der Waals surface area contributed by atoms with Crippen molar-refractivity contribution >= 4 is 12.4 Å². The van der Waals surface area contributed by atoms with Crippen LogP contribution in [0.1, 0.15) is 30.1 Å². The van der Waals surface area contributed by atoms with Crippen LogP contribution in [0.2, 0.25) is 0 Å². The van der Waals surface area contributed by atoms with Gasteiger partial charge >= 0.3 is 0 Å². The van der Waals surface area contributed by atoms with E-state index in [1.54, 1.807) is 0 Å². The minimum absolute atomic E-state index is 0. The summed E-state index contributed by atoms with van der Waals surface area (Å²) < 4.78 is 5.37. The lowest BCUT2D eigenvalue weighted by molar-refractivity contribution is 0.173. The van der Waals surface area contributed by atoms with Crippen molar-refractivity contribution in [1.29, 1.82) is 0 Å². The third kappa shape index (κ3) is 4.53. The summed E-state index contributed by atoms with van der Waals surface area (Å²) in [4.78, 5) is 6.89. The molecule has 1 aliphatic heterocycles. The van der Waals surface area contributed by atoms with E-state index in [1.165, 1.54) is 18.4 Å². The van der Waals surface area contributed by atoms with E-state index >= 15 is 0 Å². The largest absolute Gasteiger partial charge is 0.338 e. The normalized spacial score (nSPS) is 16.4. The van der Waals surface area contributed by atoms with Gasteiger partial charge in [0.25, 0.3) is 0 Å². The van der Waals surface area contributed by atoms with E-state index in [2.05, 4.69) is 32.5 Å². The second-order valence-electron chi connectivity index (χ2n) is 5.61. The Kier molecular flexibility index (Phi) is 6.36.